The summed E-state index contributed by atoms with van der Waals surface area (Å²) in [5.74, 6) is 1.79. The van der Waals surface area contributed by atoms with Crippen LogP contribution in [0.25, 0.3) is 0 Å². The second-order valence-electron chi connectivity index (χ2n) is 3.94. The first kappa shape index (κ1) is 10.1. The predicted molar refractivity (Wildman–Crippen MR) is 58.3 cm³/mol. The molecule has 2 heterocycles. The van der Waals surface area contributed by atoms with Gasteiger partial charge in [0.25, 0.3) is 0 Å². The van der Waals surface area contributed by atoms with Crippen molar-refractivity contribution in [3.8, 4) is 0 Å². The molecule has 5 heteroatoms. The van der Waals surface area contributed by atoms with Gasteiger partial charge in [-0.1, -0.05) is 22.9 Å². The highest BCUT2D eigenvalue weighted by atomic mass is 79.9. The molecule has 1 aromatic heterocycles. The summed E-state index contributed by atoms with van der Waals surface area (Å²) in [4.78, 5) is 2.44. The Bertz CT molecular complexity index is 299. The largest absolute Gasteiger partial charge is 0.315 e. The summed E-state index contributed by atoms with van der Waals surface area (Å²) < 4.78 is 2.13. The predicted octanol–water partition coefficient (Wildman–Crippen LogP) is 1.12. The number of hydrogen-bond donors (Lipinski definition) is 0. The molecular weight excluding hydrogens is 244 g/mol. The third kappa shape index (κ3) is 2.15. The fourth-order valence-corrected chi connectivity index (χ4v) is 1.97. The molecule has 2 rings (SSSR count). The van der Waals surface area contributed by atoms with Crippen molar-refractivity contribution in [2.75, 3.05) is 18.4 Å². The molecule has 1 aliphatic heterocycles. The van der Waals surface area contributed by atoms with Crippen LogP contribution in [-0.4, -0.2) is 38.1 Å². The van der Waals surface area contributed by atoms with E-state index < -0.39 is 0 Å². The van der Waals surface area contributed by atoms with Crippen molar-refractivity contribution in [1.82, 2.24) is 19.7 Å². The fourth-order valence-electron chi connectivity index (χ4n) is 1.76. The quantitative estimate of drug-likeness (QED) is 0.763. The average molecular weight is 259 g/mol. The van der Waals surface area contributed by atoms with Crippen LogP contribution in [0.15, 0.2) is 6.33 Å². The number of halogens is 1. The number of rotatable bonds is 3. The van der Waals surface area contributed by atoms with E-state index in [-0.39, 0.29) is 0 Å². The lowest BCUT2D eigenvalue weighted by atomic mass is 10.2. The third-order valence-electron chi connectivity index (χ3n) is 2.55. The summed E-state index contributed by atoms with van der Waals surface area (Å²) in [6.07, 6.45) is 1.82. The number of fused-ring (bicyclic) bond motifs is 1. The standard InChI is InChI=1S/C9H15BrN4/c1-8(4-10)5-13-2-3-14-7-11-12-9(14)6-13/h7-8H,2-6H2,1H3. The van der Waals surface area contributed by atoms with E-state index in [9.17, 15) is 0 Å². The number of hydrogen-bond acceptors (Lipinski definition) is 3. The van der Waals surface area contributed by atoms with Gasteiger partial charge in [0.2, 0.25) is 0 Å². The molecule has 0 radical (unpaired) electrons. The maximum Gasteiger partial charge on any atom is 0.147 e. The highest BCUT2D eigenvalue weighted by Gasteiger charge is 2.18. The van der Waals surface area contributed by atoms with E-state index in [0.717, 1.165) is 37.3 Å². The van der Waals surface area contributed by atoms with Crippen LogP contribution >= 0.6 is 15.9 Å². The van der Waals surface area contributed by atoms with Crippen molar-refractivity contribution in [3.63, 3.8) is 0 Å². The summed E-state index contributed by atoms with van der Waals surface area (Å²) in [5, 5.41) is 9.08. The van der Waals surface area contributed by atoms with Crippen molar-refractivity contribution in [3.05, 3.63) is 12.2 Å². The average Bonchev–Trinajstić information content (AvgIpc) is 2.64. The molecule has 0 N–H and O–H groups in total. The fraction of sp³-hybridized carbons (Fsp3) is 0.778. The van der Waals surface area contributed by atoms with Crippen molar-refractivity contribution in [2.45, 2.75) is 20.0 Å². The van der Waals surface area contributed by atoms with Crippen molar-refractivity contribution >= 4 is 15.9 Å². The Balaban J connectivity index is 1.94. The van der Waals surface area contributed by atoms with E-state index in [0.29, 0.717) is 5.92 Å². The van der Waals surface area contributed by atoms with Crippen LogP contribution in [0.1, 0.15) is 12.7 Å². The Kier molecular flexibility index (Phi) is 3.18. The monoisotopic (exact) mass is 258 g/mol. The molecule has 1 atom stereocenters. The molecule has 0 amide bonds. The molecule has 0 saturated heterocycles. The second-order valence-corrected chi connectivity index (χ2v) is 4.58. The van der Waals surface area contributed by atoms with Gasteiger partial charge in [0.15, 0.2) is 0 Å². The maximum atomic E-state index is 4.10. The van der Waals surface area contributed by atoms with Gasteiger partial charge in [0.1, 0.15) is 12.2 Å². The molecule has 0 fully saturated rings. The molecule has 0 saturated carbocycles. The van der Waals surface area contributed by atoms with E-state index in [4.69, 9.17) is 0 Å². The van der Waals surface area contributed by atoms with Crippen LogP contribution in [-0.2, 0) is 13.1 Å². The summed E-state index contributed by atoms with van der Waals surface area (Å²) in [5.41, 5.74) is 0. The zero-order chi connectivity index (χ0) is 9.97. The summed E-state index contributed by atoms with van der Waals surface area (Å²) in [7, 11) is 0. The van der Waals surface area contributed by atoms with E-state index in [1.165, 1.54) is 0 Å². The van der Waals surface area contributed by atoms with Gasteiger partial charge in [-0.25, -0.2) is 0 Å². The lowest BCUT2D eigenvalue weighted by Gasteiger charge is -2.28. The summed E-state index contributed by atoms with van der Waals surface area (Å²) >= 11 is 3.51. The van der Waals surface area contributed by atoms with E-state index in [1.54, 1.807) is 0 Å². The molecule has 0 aliphatic carbocycles. The summed E-state index contributed by atoms with van der Waals surface area (Å²) in [6, 6.07) is 0. The van der Waals surface area contributed by atoms with Gasteiger partial charge in [-0.3, -0.25) is 4.90 Å². The highest BCUT2D eigenvalue weighted by molar-refractivity contribution is 9.09. The minimum atomic E-state index is 0.699. The zero-order valence-corrected chi connectivity index (χ0v) is 9.94. The van der Waals surface area contributed by atoms with E-state index >= 15 is 0 Å². The van der Waals surface area contributed by atoms with Gasteiger partial charge in [0, 0.05) is 25.0 Å². The molecule has 78 valence electrons. The van der Waals surface area contributed by atoms with Gasteiger partial charge < -0.3 is 4.57 Å². The molecular formula is C9H15BrN4. The van der Waals surface area contributed by atoms with Gasteiger partial charge in [-0.2, -0.15) is 0 Å². The Labute approximate surface area is 92.4 Å². The van der Waals surface area contributed by atoms with Gasteiger partial charge in [0.05, 0.1) is 6.54 Å². The molecule has 1 aliphatic rings. The molecule has 14 heavy (non-hydrogen) atoms. The normalized spacial score (nSPS) is 19.3. The maximum absolute atomic E-state index is 4.10. The minimum Gasteiger partial charge on any atom is -0.315 e. The molecule has 0 bridgehead atoms. The number of aromatic nitrogens is 3. The van der Waals surface area contributed by atoms with Gasteiger partial charge in [-0.15, -0.1) is 10.2 Å². The SMILES string of the molecule is CC(CBr)CN1CCn2cnnc2C1. The lowest BCUT2D eigenvalue weighted by Crippen LogP contribution is -2.36. The first-order valence-corrected chi connectivity index (χ1v) is 6.06. The van der Waals surface area contributed by atoms with Crippen LogP contribution in [0.4, 0.5) is 0 Å². The third-order valence-corrected chi connectivity index (χ3v) is 3.66. The Hall–Kier alpha value is -0.420. The first-order chi connectivity index (χ1) is 6.79. The highest BCUT2D eigenvalue weighted by Crippen LogP contribution is 2.11. The molecule has 0 aromatic carbocycles. The molecule has 0 spiro atoms. The first-order valence-electron chi connectivity index (χ1n) is 4.94. The molecule has 1 aromatic rings. The zero-order valence-electron chi connectivity index (χ0n) is 8.36. The number of alkyl halides is 1. The van der Waals surface area contributed by atoms with Crippen molar-refractivity contribution in [1.29, 1.82) is 0 Å². The smallest absolute Gasteiger partial charge is 0.147 e. The topological polar surface area (TPSA) is 34.0 Å². The Morgan fingerprint density at radius 2 is 2.43 bits per heavy atom. The van der Waals surface area contributed by atoms with Crippen LogP contribution in [0.5, 0.6) is 0 Å². The Morgan fingerprint density at radius 3 is 3.21 bits per heavy atom. The van der Waals surface area contributed by atoms with Gasteiger partial charge >= 0.3 is 0 Å². The van der Waals surface area contributed by atoms with Crippen LogP contribution < -0.4 is 0 Å². The van der Waals surface area contributed by atoms with Crippen molar-refractivity contribution < 1.29 is 0 Å². The van der Waals surface area contributed by atoms with E-state index in [2.05, 4.69) is 42.5 Å². The minimum absolute atomic E-state index is 0.699. The lowest BCUT2D eigenvalue weighted by molar-refractivity contribution is 0.196. The number of nitrogens with zero attached hydrogens (tertiary/aromatic N) is 4. The van der Waals surface area contributed by atoms with Gasteiger partial charge in [-0.05, 0) is 5.92 Å². The van der Waals surface area contributed by atoms with E-state index in [1.807, 2.05) is 6.33 Å². The Morgan fingerprint density at radius 1 is 1.57 bits per heavy atom. The molecule has 4 nitrogen and oxygen atoms in total. The molecule has 1 unspecified atom stereocenters. The second kappa shape index (κ2) is 4.40. The van der Waals surface area contributed by atoms with Crippen LogP contribution in [0.3, 0.4) is 0 Å². The van der Waals surface area contributed by atoms with Crippen molar-refractivity contribution in [2.24, 2.45) is 5.92 Å². The summed E-state index contributed by atoms with van der Waals surface area (Å²) in [6.45, 7) is 6.48. The van der Waals surface area contributed by atoms with Crippen LogP contribution in [0, 0.1) is 5.92 Å². The van der Waals surface area contributed by atoms with Crippen LogP contribution in [0.2, 0.25) is 0 Å².